The lowest BCUT2D eigenvalue weighted by atomic mass is 10.1. The molecule has 0 aliphatic carbocycles. The van der Waals surface area contributed by atoms with Crippen molar-refractivity contribution in [3.8, 4) is 11.3 Å². The predicted octanol–water partition coefficient (Wildman–Crippen LogP) is 1.92. The van der Waals surface area contributed by atoms with E-state index >= 15 is 0 Å². The first kappa shape index (κ1) is 19.7. The summed E-state index contributed by atoms with van der Waals surface area (Å²) in [4.78, 5) is 13.2. The van der Waals surface area contributed by atoms with Crippen molar-refractivity contribution in [2.45, 2.75) is 12.3 Å². The Morgan fingerprint density at radius 1 is 1.35 bits per heavy atom. The van der Waals surface area contributed by atoms with Crippen LogP contribution in [0.25, 0.3) is 11.3 Å². The first-order valence-electron chi connectivity index (χ1n) is 7.64. The summed E-state index contributed by atoms with van der Waals surface area (Å²) in [6.45, 7) is -0.507. The van der Waals surface area contributed by atoms with Crippen molar-refractivity contribution in [3.05, 3.63) is 36.0 Å². The molecule has 0 fully saturated rings. The van der Waals surface area contributed by atoms with E-state index in [0.29, 0.717) is 16.9 Å². The van der Waals surface area contributed by atoms with E-state index in [4.69, 9.17) is 5.11 Å². The van der Waals surface area contributed by atoms with Crippen LogP contribution >= 0.6 is 0 Å². The molecule has 0 saturated heterocycles. The minimum atomic E-state index is -4.52. The number of aliphatic hydroxyl groups is 2. The lowest BCUT2D eigenvalue weighted by Gasteiger charge is -2.20. The fourth-order valence-electron chi connectivity index (χ4n) is 2.28. The number of carbonyl (C=O) groups excluding carboxylic acids is 1. The molecule has 0 saturated carbocycles. The number of halogens is 3. The smallest absolute Gasteiger partial charge is 0.394 e. The standard InChI is InChI=1S/C16H19F3N4O3/c1-22(8-12(25)9-24)15(26)20-11-5-3-10(4-6-11)13-7-14(16(17,18)19)21-23(13)2/h3-7,12,24-25H,8-9H2,1-2H3,(H,20,26). The van der Waals surface area contributed by atoms with Crippen molar-refractivity contribution in [2.75, 3.05) is 25.5 Å². The summed E-state index contributed by atoms with van der Waals surface area (Å²) in [6.07, 6.45) is -5.56. The Kier molecular flexibility index (Phi) is 5.88. The Bertz CT molecular complexity index is 759. The molecule has 2 aromatic rings. The maximum absolute atomic E-state index is 12.7. The number of benzene rings is 1. The van der Waals surface area contributed by atoms with Gasteiger partial charge >= 0.3 is 12.2 Å². The van der Waals surface area contributed by atoms with Crippen molar-refractivity contribution in [1.29, 1.82) is 0 Å². The molecule has 1 atom stereocenters. The third-order valence-electron chi connectivity index (χ3n) is 3.64. The topological polar surface area (TPSA) is 90.6 Å². The summed E-state index contributed by atoms with van der Waals surface area (Å²) in [7, 11) is 2.87. The molecule has 2 rings (SSSR count). The number of rotatable bonds is 5. The number of amides is 2. The molecule has 0 aliphatic heterocycles. The van der Waals surface area contributed by atoms with Gasteiger partial charge in [0, 0.05) is 19.8 Å². The summed E-state index contributed by atoms with van der Waals surface area (Å²) in [5.74, 6) is 0. The zero-order valence-electron chi connectivity index (χ0n) is 14.2. The minimum Gasteiger partial charge on any atom is -0.394 e. The molecule has 142 valence electrons. The van der Waals surface area contributed by atoms with Crippen LogP contribution in [0.15, 0.2) is 30.3 Å². The molecule has 7 nitrogen and oxygen atoms in total. The van der Waals surface area contributed by atoms with Crippen LogP contribution in [0.2, 0.25) is 0 Å². The number of nitrogens with zero attached hydrogens (tertiary/aromatic N) is 3. The quantitative estimate of drug-likeness (QED) is 0.748. The monoisotopic (exact) mass is 372 g/mol. The van der Waals surface area contributed by atoms with Crippen molar-refractivity contribution < 1.29 is 28.2 Å². The number of hydrogen-bond acceptors (Lipinski definition) is 4. The van der Waals surface area contributed by atoms with Crippen LogP contribution < -0.4 is 5.32 Å². The first-order valence-corrected chi connectivity index (χ1v) is 7.64. The highest BCUT2D eigenvalue weighted by Gasteiger charge is 2.34. The molecule has 1 heterocycles. The van der Waals surface area contributed by atoms with Crippen molar-refractivity contribution >= 4 is 11.7 Å². The molecule has 0 radical (unpaired) electrons. The van der Waals surface area contributed by atoms with Gasteiger partial charge in [-0.3, -0.25) is 4.68 Å². The van der Waals surface area contributed by atoms with E-state index in [1.165, 1.54) is 19.0 Å². The Labute approximate surface area is 147 Å². The molecule has 1 unspecified atom stereocenters. The number of aryl methyl sites for hydroxylation is 1. The number of likely N-dealkylation sites (N-methyl/N-ethyl adjacent to an activating group) is 1. The van der Waals surface area contributed by atoms with Gasteiger partial charge in [-0.25, -0.2) is 4.79 Å². The van der Waals surface area contributed by atoms with Crippen molar-refractivity contribution in [3.63, 3.8) is 0 Å². The van der Waals surface area contributed by atoms with Gasteiger partial charge in [-0.15, -0.1) is 0 Å². The van der Waals surface area contributed by atoms with Crippen molar-refractivity contribution in [2.24, 2.45) is 7.05 Å². The predicted molar refractivity (Wildman–Crippen MR) is 88.4 cm³/mol. The number of hydrogen-bond donors (Lipinski definition) is 3. The molecule has 0 bridgehead atoms. The van der Waals surface area contributed by atoms with Crippen LogP contribution in [-0.2, 0) is 13.2 Å². The molecule has 0 aliphatic rings. The van der Waals surface area contributed by atoms with Gasteiger partial charge in [0.05, 0.1) is 24.9 Å². The highest BCUT2D eigenvalue weighted by Crippen LogP contribution is 2.31. The van der Waals surface area contributed by atoms with Gasteiger partial charge in [0.25, 0.3) is 0 Å². The molecule has 2 amide bonds. The zero-order valence-corrected chi connectivity index (χ0v) is 14.2. The van der Waals surface area contributed by atoms with Crippen LogP contribution in [0, 0.1) is 0 Å². The molecule has 0 spiro atoms. The summed E-state index contributed by atoms with van der Waals surface area (Å²) in [5, 5.41) is 24.2. The van der Waals surface area contributed by atoms with E-state index in [9.17, 15) is 23.1 Å². The first-order chi connectivity index (χ1) is 12.1. The van der Waals surface area contributed by atoms with E-state index in [2.05, 4.69) is 10.4 Å². The van der Waals surface area contributed by atoms with Gasteiger partial charge in [0.1, 0.15) is 0 Å². The van der Waals surface area contributed by atoms with E-state index < -0.39 is 30.6 Å². The maximum Gasteiger partial charge on any atom is 0.435 e. The fourth-order valence-corrected chi connectivity index (χ4v) is 2.28. The minimum absolute atomic E-state index is 0.0460. The number of carbonyl (C=O) groups is 1. The molecule has 1 aromatic heterocycles. The lowest BCUT2D eigenvalue weighted by molar-refractivity contribution is -0.141. The van der Waals surface area contributed by atoms with E-state index in [1.54, 1.807) is 24.3 Å². The van der Waals surface area contributed by atoms with Gasteiger partial charge in [-0.1, -0.05) is 12.1 Å². The summed E-state index contributed by atoms with van der Waals surface area (Å²) in [6, 6.07) is 6.68. The van der Waals surface area contributed by atoms with E-state index in [0.717, 1.165) is 10.7 Å². The summed E-state index contributed by atoms with van der Waals surface area (Å²) in [5.41, 5.74) is 0.259. The van der Waals surface area contributed by atoms with Crippen LogP contribution in [-0.4, -0.2) is 57.2 Å². The third-order valence-corrected chi connectivity index (χ3v) is 3.64. The summed E-state index contributed by atoms with van der Waals surface area (Å²) >= 11 is 0. The van der Waals surface area contributed by atoms with Crippen LogP contribution in [0.1, 0.15) is 5.69 Å². The number of aromatic nitrogens is 2. The van der Waals surface area contributed by atoms with Gasteiger partial charge in [-0.2, -0.15) is 18.3 Å². The second-order valence-electron chi connectivity index (χ2n) is 5.76. The number of anilines is 1. The number of alkyl halides is 3. The number of aliphatic hydroxyl groups excluding tert-OH is 2. The molecule has 10 heteroatoms. The maximum atomic E-state index is 12.7. The van der Waals surface area contributed by atoms with Gasteiger partial charge in [-0.05, 0) is 23.8 Å². The Morgan fingerprint density at radius 3 is 2.46 bits per heavy atom. The summed E-state index contributed by atoms with van der Waals surface area (Å²) < 4.78 is 39.3. The number of nitrogens with one attached hydrogen (secondary N) is 1. The molecule has 26 heavy (non-hydrogen) atoms. The largest absolute Gasteiger partial charge is 0.435 e. The average molecular weight is 372 g/mol. The van der Waals surface area contributed by atoms with Gasteiger partial charge < -0.3 is 20.4 Å². The molecule has 1 aromatic carbocycles. The number of urea groups is 1. The van der Waals surface area contributed by atoms with Crippen LogP contribution in [0.4, 0.5) is 23.7 Å². The van der Waals surface area contributed by atoms with E-state index in [-0.39, 0.29) is 6.54 Å². The zero-order chi connectivity index (χ0) is 19.5. The highest BCUT2D eigenvalue weighted by molar-refractivity contribution is 5.89. The highest BCUT2D eigenvalue weighted by atomic mass is 19.4. The Morgan fingerprint density at radius 2 is 1.96 bits per heavy atom. The fraction of sp³-hybridized carbons (Fsp3) is 0.375. The Hall–Kier alpha value is -2.59. The average Bonchev–Trinajstić information content (AvgIpc) is 2.97. The van der Waals surface area contributed by atoms with E-state index in [1.807, 2.05) is 0 Å². The second-order valence-corrected chi connectivity index (χ2v) is 5.76. The van der Waals surface area contributed by atoms with Gasteiger partial charge in [0.2, 0.25) is 0 Å². The van der Waals surface area contributed by atoms with Gasteiger partial charge in [0.15, 0.2) is 5.69 Å². The normalized spacial score (nSPS) is 12.7. The SMILES string of the molecule is CN(CC(O)CO)C(=O)Nc1ccc(-c2cc(C(F)(F)F)nn2C)cc1. The van der Waals surface area contributed by atoms with Crippen LogP contribution in [0.5, 0.6) is 0 Å². The van der Waals surface area contributed by atoms with Crippen molar-refractivity contribution in [1.82, 2.24) is 14.7 Å². The molecule has 3 N–H and O–H groups in total. The lowest BCUT2D eigenvalue weighted by Crippen LogP contribution is -2.38. The molecular weight excluding hydrogens is 353 g/mol. The van der Waals surface area contributed by atoms with Crippen LogP contribution in [0.3, 0.4) is 0 Å². The molecular formula is C16H19F3N4O3. The Balaban J connectivity index is 2.09. The second kappa shape index (κ2) is 7.75. The third kappa shape index (κ3) is 4.73.